The average molecular weight is 242 g/mol. The van der Waals surface area contributed by atoms with Crippen LogP contribution in [0.2, 0.25) is 0 Å². The van der Waals surface area contributed by atoms with Gasteiger partial charge < -0.3 is 20.1 Å². The first-order chi connectivity index (χ1) is 8.16. The number of nitrogens with zero attached hydrogens (tertiary/aromatic N) is 1. The number of amides is 1. The molecule has 0 radical (unpaired) electrons. The maximum absolute atomic E-state index is 11.8. The zero-order valence-corrected chi connectivity index (χ0v) is 9.72. The third-order valence-electron chi connectivity index (χ3n) is 3.38. The van der Waals surface area contributed by atoms with Crippen molar-refractivity contribution in [2.24, 2.45) is 5.92 Å². The van der Waals surface area contributed by atoms with Crippen molar-refractivity contribution >= 4 is 11.9 Å². The molecule has 0 atom stereocenters. The minimum absolute atomic E-state index is 0.0562. The Hall–Kier alpha value is -1.14. The monoisotopic (exact) mass is 242 g/mol. The van der Waals surface area contributed by atoms with E-state index < -0.39 is 5.97 Å². The first-order valence-corrected chi connectivity index (χ1v) is 5.98. The zero-order chi connectivity index (χ0) is 12.3. The van der Waals surface area contributed by atoms with Crippen LogP contribution < -0.4 is 5.32 Å². The summed E-state index contributed by atoms with van der Waals surface area (Å²) in [5.41, 5.74) is 0. The summed E-state index contributed by atoms with van der Waals surface area (Å²) < 4.78 is 5.00. The van der Waals surface area contributed by atoms with E-state index in [4.69, 9.17) is 9.84 Å². The van der Waals surface area contributed by atoms with Crippen LogP contribution in [0.15, 0.2) is 0 Å². The minimum Gasteiger partial charge on any atom is -0.481 e. The predicted octanol–water partition coefficient (Wildman–Crippen LogP) is -0.702. The van der Waals surface area contributed by atoms with E-state index in [0.717, 1.165) is 0 Å². The number of carbonyl (C=O) groups excluding carboxylic acids is 1. The molecule has 0 spiro atoms. The van der Waals surface area contributed by atoms with Crippen LogP contribution in [-0.2, 0) is 14.3 Å². The van der Waals surface area contributed by atoms with Crippen LogP contribution in [0.5, 0.6) is 0 Å². The molecule has 2 heterocycles. The Morgan fingerprint density at radius 1 is 1.29 bits per heavy atom. The number of carboxylic acids is 1. The molecular weight excluding hydrogens is 224 g/mol. The van der Waals surface area contributed by atoms with E-state index in [1.165, 1.54) is 0 Å². The molecule has 17 heavy (non-hydrogen) atoms. The third-order valence-corrected chi connectivity index (χ3v) is 3.38. The molecule has 6 heteroatoms. The summed E-state index contributed by atoms with van der Waals surface area (Å²) >= 11 is 0. The molecule has 0 aromatic heterocycles. The number of hydrogen-bond acceptors (Lipinski definition) is 4. The third kappa shape index (κ3) is 3.17. The summed E-state index contributed by atoms with van der Waals surface area (Å²) in [5, 5.41) is 12.0. The van der Waals surface area contributed by atoms with Gasteiger partial charge in [-0.25, -0.2) is 0 Å². The molecule has 0 unspecified atom stereocenters. The fourth-order valence-corrected chi connectivity index (χ4v) is 2.07. The van der Waals surface area contributed by atoms with Gasteiger partial charge >= 0.3 is 5.97 Å². The second-order valence-corrected chi connectivity index (χ2v) is 4.61. The van der Waals surface area contributed by atoms with E-state index in [1.807, 2.05) is 0 Å². The smallest absolute Gasteiger partial charge is 0.306 e. The number of ether oxygens (including phenoxy) is 1. The minimum atomic E-state index is -0.748. The summed E-state index contributed by atoms with van der Waals surface area (Å²) in [6.07, 6.45) is 1.13. The lowest BCUT2D eigenvalue weighted by Crippen LogP contribution is -2.51. The van der Waals surface area contributed by atoms with Crippen LogP contribution in [0, 0.1) is 5.92 Å². The average Bonchev–Trinajstić information content (AvgIpc) is 2.27. The van der Waals surface area contributed by atoms with E-state index >= 15 is 0 Å². The summed E-state index contributed by atoms with van der Waals surface area (Å²) in [6.45, 7) is 2.78. The molecule has 0 aromatic rings. The molecule has 0 aliphatic carbocycles. The van der Waals surface area contributed by atoms with E-state index in [9.17, 15) is 9.59 Å². The topological polar surface area (TPSA) is 78.9 Å². The van der Waals surface area contributed by atoms with Crippen LogP contribution in [0.3, 0.4) is 0 Å². The standard InChI is InChI=1S/C11H18N2O4/c14-10(5-12-9-6-17-7-9)13-3-1-8(2-4-13)11(15)16/h8-9,12H,1-7H2,(H,15,16). The van der Waals surface area contributed by atoms with Gasteiger partial charge in [0.15, 0.2) is 0 Å². The molecule has 2 fully saturated rings. The molecule has 0 bridgehead atoms. The first kappa shape index (κ1) is 12.3. The number of likely N-dealkylation sites (tertiary alicyclic amines) is 1. The van der Waals surface area contributed by atoms with Crippen molar-refractivity contribution in [3.63, 3.8) is 0 Å². The number of rotatable bonds is 4. The molecule has 2 saturated heterocycles. The van der Waals surface area contributed by atoms with Crippen molar-refractivity contribution in [1.82, 2.24) is 10.2 Å². The largest absolute Gasteiger partial charge is 0.481 e. The van der Waals surface area contributed by atoms with E-state index in [2.05, 4.69) is 5.32 Å². The number of hydrogen-bond donors (Lipinski definition) is 2. The Bertz CT molecular complexity index is 296. The van der Waals surface area contributed by atoms with Crippen molar-refractivity contribution in [3.8, 4) is 0 Å². The van der Waals surface area contributed by atoms with Gasteiger partial charge in [-0.05, 0) is 12.8 Å². The van der Waals surface area contributed by atoms with Gasteiger partial charge in [0.1, 0.15) is 0 Å². The number of piperidine rings is 1. The van der Waals surface area contributed by atoms with Crippen molar-refractivity contribution < 1.29 is 19.4 Å². The molecule has 2 aliphatic rings. The summed E-state index contributed by atoms with van der Waals surface area (Å²) in [4.78, 5) is 24.3. The highest BCUT2D eigenvalue weighted by Gasteiger charge is 2.27. The number of carbonyl (C=O) groups is 2. The first-order valence-electron chi connectivity index (χ1n) is 5.98. The van der Waals surface area contributed by atoms with E-state index in [0.29, 0.717) is 51.7 Å². The maximum Gasteiger partial charge on any atom is 0.306 e. The highest BCUT2D eigenvalue weighted by molar-refractivity contribution is 5.79. The Balaban J connectivity index is 1.68. The molecule has 1 amide bonds. The van der Waals surface area contributed by atoms with Crippen molar-refractivity contribution in [3.05, 3.63) is 0 Å². The van der Waals surface area contributed by atoms with Crippen LogP contribution >= 0.6 is 0 Å². The van der Waals surface area contributed by atoms with Crippen molar-refractivity contribution in [1.29, 1.82) is 0 Å². The van der Waals surface area contributed by atoms with Crippen LogP contribution in [0.4, 0.5) is 0 Å². The summed E-state index contributed by atoms with van der Waals surface area (Å²) in [7, 11) is 0. The summed E-state index contributed by atoms with van der Waals surface area (Å²) in [6, 6.07) is 0.301. The Morgan fingerprint density at radius 3 is 2.41 bits per heavy atom. The van der Waals surface area contributed by atoms with Crippen molar-refractivity contribution in [2.75, 3.05) is 32.8 Å². The molecule has 0 aromatic carbocycles. The zero-order valence-electron chi connectivity index (χ0n) is 9.72. The van der Waals surface area contributed by atoms with Crippen LogP contribution in [0.25, 0.3) is 0 Å². The number of carboxylic acid groups (broad SMARTS) is 1. The summed E-state index contributed by atoms with van der Waals surface area (Å²) in [5.74, 6) is -0.977. The predicted molar refractivity (Wildman–Crippen MR) is 59.5 cm³/mol. The Labute approximate surface area is 99.9 Å². The van der Waals surface area contributed by atoms with Gasteiger partial charge in [0.2, 0.25) is 5.91 Å². The highest BCUT2D eigenvalue weighted by Crippen LogP contribution is 2.17. The van der Waals surface area contributed by atoms with Gasteiger partial charge in [-0.1, -0.05) is 0 Å². The SMILES string of the molecule is O=C(O)C1CCN(C(=O)CNC2COC2)CC1. The highest BCUT2D eigenvalue weighted by atomic mass is 16.5. The van der Waals surface area contributed by atoms with Gasteiger partial charge in [-0.2, -0.15) is 0 Å². The molecule has 6 nitrogen and oxygen atoms in total. The molecular formula is C11H18N2O4. The molecule has 0 saturated carbocycles. The van der Waals surface area contributed by atoms with Crippen LogP contribution in [0.1, 0.15) is 12.8 Å². The number of aliphatic carboxylic acids is 1. The molecule has 96 valence electrons. The van der Waals surface area contributed by atoms with Gasteiger partial charge in [0.25, 0.3) is 0 Å². The lowest BCUT2D eigenvalue weighted by Gasteiger charge is -2.32. The van der Waals surface area contributed by atoms with Gasteiger partial charge in [0, 0.05) is 13.1 Å². The maximum atomic E-state index is 11.8. The van der Waals surface area contributed by atoms with Crippen molar-refractivity contribution in [2.45, 2.75) is 18.9 Å². The van der Waals surface area contributed by atoms with Crippen LogP contribution in [-0.4, -0.2) is 60.8 Å². The lowest BCUT2D eigenvalue weighted by atomic mass is 9.97. The second kappa shape index (κ2) is 5.46. The van der Waals surface area contributed by atoms with Gasteiger partial charge in [0.05, 0.1) is 31.7 Å². The molecule has 2 N–H and O–H groups in total. The Kier molecular flexibility index (Phi) is 3.96. The van der Waals surface area contributed by atoms with E-state index in [1.54, 1.807) is 4.90 Å². The Morgan fingerprint density at radius 2 is 1.94 bits per heavy atom. The number of nitrogens with one attached hydrogen (secondary N) is 1. The van der Waals surface area contributed by atoms with E-state index in [-0.39, 0.29) is 11.8 Å². The normalized spacial score (nSPS) is 22.2. The quantitative estimate of drug-likeness (QED) is 0.681. The van der Waals surface area contributed by atoms with Gasteiger partial charge in [-0.3, -0.25) is 9.59 Å². The fourth-order valence-electron chi connectivity index (χ4n) is 2.07. The molecule has 2 aliphatic heterocycles. The lowest BCUT2D eigenvalue weighted by molar-refractivity contribution is -0.145. The second-order valence-electron chi connectivity index (χ2n) is 4.61. The van der Waals surface area contributed by atoms with Gasteiger partial charge in [-0.15, -0.1) is 0 Å². The fraction of sp³-hybridized carbons (Fsp3) is 0.818. The molecule has 2 rings (SSSR count).